The fourth-order valence-electron chi connectivity index (χ4n) is 3.13. The van der Waals surface area contributed by atoms with Crippen molar-refractivity contribution in [2.24, 2.45) is 5.73 Å². The van der Waals surface area contributed by atoms with Crippen LogP contribution in [0.5, 0.6) is 0 Å². The lowest BCUT2D eigenvalue weighted by atomic mass is 9.72. The first-order chi connectivity index (χ1) is 9.75. The predicted molar refractivity (Wildman–Crippen MR) is 89.3 cm³/mol. The first-order valence-electron chi connectivity index (χ1n) is 6.74. The molecule has 100 valence electrons. The van der Waals surface area contributed by atoms with E-state index in [1.807, 2.05) is 0 Å². The summed E-state index contributed by atoms with van der Waals surface area (Å²) in [5, 5.41) is 3.52. The lowest BCUT2D eigenvalue weighted by molar-refractivity contribution is 0.503. The van der Waals surface area contributed by atoms with Crippen molar-refractivity contribution < 1.29 is 0 Å². The molecule has 1 nitrogen and oxygen atoms in total. The topological polar surface area (TPSA) is 26.0 Å². The second kappa shape index (κ2) is 4.69. The first kappa shape index (κ1) is 12.6. The monoisotopic (exact) mass is 343 g/mol. The van der Waals surface area contributed by atoms with E-state index in [4.69, 9.17) is 5.73 Å². The van der Waals surface area contributed by atoms with Crippen LogP contribution in [-0.2, 0) is 6.42 Å². The van der Waals surface area contributed by atoms with Crippen LogP contribution in [0.15, 0.2) is 52.3 Å². The molecule has 0 saturated heterocycles. The summed E-state index contributed by atoms with van der Waals surface area (Å²) >= 11 is 5.40. The van der Waals surface area contributed by atoms with Crippen molar-refractivity contribution in [2.75, 3.05) is 0 Å². The van der Waals surface area contributed by atoms with E-state index in [1.54, 1.807) is 11.3 Å². The highest BCUT2D eigenvalue weighted by Gasteiger charge is 2.32. The summed E-state index contributed by atoms with van der Waals surface area (Å²) in [7, 11) is 0. The SMILES string of the molecule is NC(c1csc2c(Br)cccc12)C1Cc2ccccc21. The van der Waals surface area contributed by atoms with Crippen molar-refractivity contribution in [2.45, 2.75) is 18.4 Å². The van der Waals surface area contributed by atoms with Crippen LogP contribution in [0, 0.1) is 0 Å². The van der Waals surface area contributed by atoms with Crippen molar-refractivity contribution in [1.82, 2.24) is 0 Å². The molecular weight excluding hydrogens is 330 g/mol. The third kappa shape index (κ3) is 1.77. The Morgan fingerprint density at radius 2 is 2.00 bits per heavy atom. The second-order valence-electron chi connectivity index (χ2n) is 5.34. The maximum absolute atomic E-state index is 6.57. The van der Waals surface area contributed by atoms with Gasteiger partial charge in [0.1, 0.15) is 0 Å². The van der Waals surface area contributed by atoms with Crippen LogP contribution in [0.3, 0.4) is 0 Å². The number of fused-ring (bicyclic) bond motifs is 2. The zero-order valence-corrected chi connectivity index (χ0v) is 13.2. The van der Waals surface area contributed by atoms with Crippen LogP contribution in [0.4, 0.5) is 0 Å². The Balaban J connectivity index is 1.76. The van der Waals surface area contributed by atoms with Crippen LogP contribution in [0.25, 0.3) is 10.1 Å². The highest BCUT2D eigenvalue weighted by molar-refractivity contribution is 9.10. The molecule has 3 aromatic rings. The number of halogens is 1. The zero-order valence-electron chi connectivity index (χ0n) is 10.8. The van der Waals surface area contributed by atoms with Crippen molar-refractivity contribution >= 4 is 37.4 Å². The van der Waals surface area contributed by atoms with Crippen LogP contribution >= 0.6 is 27.3 Å². The van der Waals surface area contributed by atoms with Gasteiger partial charge in [-0.05, 0) is 55.9 Å². The third-order valence-corrected chi connectivity index (χ3v) is 6.24. The Morgan fingerprint density at radius 3 is 2.85 bits per heavy atom. The number of benzene rings is 2. The molecule has 2 atom stereocenters. The van der Waals surface area contributed by atoms with Crippen LogP contribution in [0.2, 0.25) is 0 Å². The summed E-state index contributed by atoms with van der Waals surface area (Å²) in [6.07, 6.45) is 1.10. The predicted octanol–water partition coefficient (Wildman–Crippen LogP) is 5.00. The summed E-state index contributed by atoms with van der Waals surface area (Å²) in [6, 6.07) is 15.1. The van der Waals surface area contributed by atoms with E-state index < -0.39 is 0 Å². The van der Waals surface area contributed by atoms with Gasteiger partial charge in [0.25, 0.3) is 0 Å². The van der Waals surface area contributed by atoms with Gasteiger partial charge >= 0.3 is 0 Å². The van der Waals surface area contributed by atoms with E-state index in [2.05, 4.69) is 63.8 Å². The van der Waals surface area contributed by atoms with Gasteiger partial charge in [-0.3, -0.25) is 0 Å². The van der Waals surface area contributed by atoms with Gasteiger partial charge in [0.15, 0.2) is 0 Å². The standard InChI is InChI=1S/C17H14BrNS/c18-15-7-3-6-12-14(9-20-17(12)15)16(19)13-8-10-4-1-2-5-11(10)13/h1-7,9,13,16H,8,19H2. The molecule has 0 radical (unpaired) electrons. The van der Waals surface area contributed by atoms with Crippen molar-refractivity contribution in [1.29, 1.82) is 0 Å². The van der Waals surface area contributed by atoms with Gasteiger partial charge in [-0.1, -0.05) is 36.4 Å². The van der Waals surface area contributed by atoms with E-state index in [1.165, 1.54) is 26.8 Å². The summed E-state index contributed by atoms with van der Waals surface area (Å²) in [5.74, 6) is 0.461. The molecule has 0 fully saturated rings. The number of hydrogen-bond acceptors (Lipinski definition) is 2. The van der Waals surface area contributed by atoms with Gasteiger partial charge in [-0.2, -0.15) is 0 Å². The van der Waals surface area contributed by atoms with E-state index in [9.17, 15) is 0 Å². The van der Waals surface area contributed by atoms with Gasteiger partial charge in [-0.15, -0.1) is 11.3 Å². The molecular formula is C17H14BrNS. The molecule has 1 heterocycles. The molecule has 4 rings (SSSR count). The number of rotatable bonds is 2. The largest absolute Gasteiger partial charge is 0.323 e. The van der Waals surface area contributed by atoms with Gasteiger partial charge < -0.3 is 5.73 Å². The van der Waals surface area contributed by atoms with Crippen LogP contribution in [-0.4, -0.2) is 0 Å². The van der Waals surface area contributed by atoms with Crippen molar-refractivity contribution in [3.8, 4) is 0 Å². The van der Waals surface area contributed by atoms with Crippen LogP contribution < -0.4 is 5.73 Å². The van der Waals surface area contributed by atoms with E-state index in [-0.39, 0.29) is 6.04 Å². The Labute approximate surface area is 130 Å². The molecule has 2 unspecified atom stereocenters. The minimum Gasteiger partial charge on any atom is -0.323 e. The highest BCUT2D eigenvalue weighted by atomic mass is 79.9. The number of thiophene rings is 1. The van der Waals surface area contributed by atoms with Crippen molar-refractivity contribution in [3.63, 3.8) is 0 Å². The normalized spacial score (nSPS) is 18.6. The summed E-state index contributed by atoms with van der Waals surface area (Å²) in [6.45, 7) is 0. The molecule has 1 aromatic heterocycles. The fourth-order valence-corrected chi connectivity index (χ4v) is 4.80. The minimum absolute atomic E-state index is 0.0907. The Bertz CT molecular complexity index is 793. The highest BCUT2D eigenvalue weighted by Crippen LogP contribution is 2.45. The lowest BCUT2D eigenvalue weighted by Gasteiger charge is -2.34. The molecule has 20 heavy (non-hydrogen) atoms. The van der Waals surface area contributed by atoms with Crippen LogP contribution in [0.1, 0.15) is 28.7 Å². The van der Waals surface area contributed by atoms with Gasteiger partial charge in [0.2, 0.25) is 0 Å². The average molecular weight is 344 g/mol. The Morgan fingerprint density at radius 1 is 1.15 bits per heavy atom. The zero-order chi connectivity index (χ0) is 13.7. The van der Waals surface area contributed by atoms with E-state index in [0.717, 1.165) is 10.9 Å². The molecule has 0 aliphatic heterocycles. The molecule has 1 aliphatic carbocycles. The number of nitrogens with two attached hydrogens (primary N) is 1. The van der Waals surface area contributed by atoms with E-state index in [0.29, 0.717) is 5.92 Å². The van der Waals surface area contributed by atoms with Crippen molar-refractivity contribution in [3.05, 3.63) is 69.0 Å². The second-order valence-corrected chi connectivity index (χ2v) is 7.08. The average Bonchev–Trinajstić information content (AvgIpc) is 2.85. The minimum atomic E-state index is 0.0907. The molecule has 1 aliphatic rings. The maximum atomic E-state index is 6.57. The third-order valence-electron chi connectivity index (χ3n) is 4.27. The fraction of sp³-hybridized carbons (Fsp3) is 0.176. The van der Waals surface area contributed by atoms with E-state index >= 15 is 0 Å². The Kier molecular flexibility index (Phi) is 2.95. The molecule has 2 N–H and O–H groups in total. The summed E-state index contributed by atoms with van der Waals surface area (Å²) < 4.78 is 2.46. The quantitative estimate of drug-likeness (QED) is 0.695. The van der Waals surface area contributed by atoms with Gasteiger partial charge in [0.05, 0.1) is 0 Å². The molecule has 0 amide bonds. The molecule has 3 heteroatoms. The van der Waals surface area contributed by atoms with Gasteiger partial charge in [-0.25, -0.2) is 0 Å². The first-order valence-corrected chi connectivity index (χ1v) is 8.42. The molecule has 0 saturated carbocycles. The Hall–Kier alpha value is -1.16. The summed E-state index contributed by atoms with van der Waals surface area (Å²) in [4.78, 5) is 0. The van der Waals surface area contributed by atoms with Gasteiger partial charge in [0, 0.05) is 21.1 Å². The smallest absolute Gasteiger partial charge is 0.0488 e. The molecule has 0 spiro atoms. The number of hydrogen-bond donors (Lipinski definition) is 1. The summed E-state index contributed by atoms with van der Waals surface area (Å²) in [5.41, 5.74) is 10.7. The maximum Gasteiger partial charge on any atom is 0.0488 e. The molecule has 0 bridgehead atoms. The lowest BCUT2D eigenvalue weighted by Crippen LogP contribution is -2.28. The molecule has 2 aromatic carbocycles.